The van der Waals surface area contributed by atoms with E-state index in [0.29, 0.717) is 19.0 Å². The molecule has 0 aliphatic rings. The predicted octanol–water partition coefficient (Wildman–Crippen LogP) is 2.21. The third-order valence-corrected chi connectivity index (χ3v) is 2.98. The van der Waals surface area contributed by atoms with Crippen molar-refractivity contribution in [2.24, 2.45) is 10.7 Å². The predicted molar refractivity (Wildman–Crippen MR) is 86.8 cm³/mol. The summed E-state index contributed by atoms with van der Waals surface area (Å²) in [4.78, 5) is 4.35. The minimum atomic E-state index is -0.129. The summed E-state index contributed by atoms with van der Waals surface area (Å²) in [5, 5.41) is 6.55. The first-order chi connectivity index (χ1) is 9.44. The number of aliphatic imine (C=N–C) groups is 1. The molecule has 4 nitrogen and oxygen atoms in total. The quantitative estimate of drug-likeness (QED) is 0.406. The first-order valence-corrected chi connectivity index (χ1v) is 6.92. The van der Waals surface area contributed by atoms with Crippen molar-refractivity contribution >= 4 is 5.96 Å². The van der Waals surface area contributed by atoms with E-state index >= 15 is 0 Å². The minimum Gasteiger partial charge on any atom is -0.370 e. The van der Waals surface area contributed by atoms with Crippen LogP contribution in [0.2, 0.25) is 0 Å². The van der Waals surface area contributed by atoms with E-state index < -0.39 is 0 Å². The lowest BCUT2D eigenvalue weighted by Crippen LogP contribution is -2.44. The zero-order valence-electron chi connectivity index (χ0n) is 12.7. The highest BCUT2D eigenvalue weighted by molar-refractivity contribution is 5.77. The van der Waals surface area contributed by atoms with Gasteiger partial charge in [-0.2, -0.15) is 0 Å². The van der Waals surface area contributed by atoms with E-state index in [1.54, 1.807) is 6.08 Å². The Bertz CT molecular complexity index is 437. The monoisotopic (exact) mass is 274 g/mol. The molecule has 0 spiro atoms. The van der Waals surface area contributed by atoms with Gasteiger partial charge >= 0.3 is 0 Å². The Morgan fingerprint density at radius 2 is 2.05 bits per heavy atom. The van der Waals surface area contributed by atoms with Crippen LogP contribution < -0.4 is 16.4 Å². The average molecular weight is 274 g/mol. The van der Waals surface area contributed by atoms with E-state index in [0.717, 1.165) is 0 Å². The number of nitrogens with one attached hydrogen (secondary N) is 2. The summed E-state index contributed by atoms with van der Waals surface area (Å²) in [6.07, 6.45) is 1.75. The van der Waals surface area contributed by atoms with Crippen LogP contribution >= 0.6 is 0 Å². The number of nitrogens with two attached hydrogens (primary N) is 1. The Kier molecular flexibility index (Phi) is 6.25. The van der Waals surface area contributed by atoms with Crippen LogP contribution in [0.25, 0.3) is 0 Å². The first-order valence-electron chi connectivity index (χ1n) is 6.92. The molecule has 1 aromatic rings. The molecule has 20 heavy (non-hydrogen) atoms. The highest BCUT2D eigenvalue weighted by Crippen LogP contribution is 2.16. The fourth-order valence-corrected chi connectivity index (χ4v) is 1.97. The maximum absolute atomic E-state index is 5.77. The van der Waals surface area contributed by atoms with Crippen LogP contribution in [0.5, 0.6) is 0 Å². The molecule has 4 N–H and O–H groups in total. The Balaban J connectivity index is 2.54. The van der Waals surface area contributed by atoms with E-state index in [2.05, 4.69) is 67.2 Å². The number of benzene rings is 1. The zero-order valence-corrected chi connectivity index (χ0v) is 12.7. The molecule has 0 aliphatic heterocycles. The molecule has 1 unspecified atom stereocenters. The van der Waals surface area contributed by atoms with Crippen LogP contribution in [0.15, 0.2) is 48.0 Å². The topological polar surface area (TPSA) is 62.4 Å². The van der Waals surface area contributed by atoms with Gasteiger partial charge in [0.15, 0.2) is 5.96 Å². The number of hydrogen-bond donors (Lipinski definition) is 3. The third-order valence-electron chi connectivity index (χ3n) is 2.98. The lowest BCUT2D eigenvalue weighted by Gasteiger charge is -2.29. The summed E-state index contributed by atoms with van der Waals surface area (Å²) in [6.45, 7) is 11.3. The molecule has 1 rings (SSSR count). The molecule has 0 fully saturated rings. The van der Waals surface area contributed by atoms with E-state index in [1.807, 2.05) is 6.07 Å². The van der Waals surface area contributed by atoms with Gasteiger partial charge < -0.3 is 16.4 Å². The summed E-state index contributed by atoms with van der Waals surface area (Å²) in [7, 11) is 0. The zero-order chi connectivity index (χ0) is 15.0. The Labute approximate surface area is 122 Å². The number of nitrogens with zero attached hydrogens (tertiary/aromatic N) is 1. The maximum atomic E-state index is 5.77. The van der Waals surface area contributed by atoms with Crippen LogP contribution in [-0.2, 0) is 0 Å². The second-order valence-corrected chi connectivity index (χ2v) is 5.53. The third kappa shape index (κ3) is 5.89. The lowest BCUT2D eigenvalue weighted by atomic mass is 10.0. The van der Waals surface area contributed by atoms with Crippen molar-refractivity contribution in [3.63, 3.8) is 0 Å². The van der Waals surface area contributed by atoms with Gasteiger partial charge in [0.05, 0.1) is 6.54 Å². The van der Waals surface area contributed by atoms with Crippen LogP contribution in [0.1, 0.15) is 32.4 Å². The first kappa shape index (κ1) is 16.2. The summed E-state index contributed by atoms with van der Waals surface area (Å²) >= 11 is 0. The molecule has 0 heterocycles. The molecular weight excluding hydrogens is 248 g/mol. The molecule has 1 atom stereocenters. The second kappa shape index (κ2) is 7.70. The van der Waals surface area contributed by atoms with E-state index in [-0.39, 0.29) is 11.6 Å². The molecule has 0 saturated heterocycles. The Hall–Kier alpha value is -1.81. The molecule has 0 saturated carbocycles. The van der Waals surface area contributed by atoms with Crippen molar-refractivity contribution in [1.82, 2.24) is 10.6 Å². The molecule has 4 heteroatoms. The van der Waals surface area contributed by atoms with Gasteiger partial charge in [-0.25, -0.2) is 0 Å². The highest BCUT2D eigenvalue weighted by Gasteiger charge is 2.20. The fraction of sp³-hybridized carbons (Fsp3) is 0.438. The summed E-state index contributed by atoms with van der Waals surface area (Å²) in [5.41, 5.74) is 6.91. The van der Waals surface area contributed by atoms with Gasteiger partial charge in [0.25, 0.3) is 0 Å². The van der Waals surface area contributed by atoms with Crippen LogP contribution in [0, 0.1) is 0 Å². The van der Waals surface area contributed by atoms with Crippen LogP contribution in [-0.4, -0.2) is 24.6 Å². The molecular formula is C16H26N4. The molecule has 0 aromatic heterocycles. The minimum absolute atomic E-state index is 0.129. The number of rotatable bonds is 7. The summed E-state index contributed by atoms with van der Waals surface area (Å²) in [5.74, 6) is 0.451. The second-order valence-electron chi connectivity index (χ2n) is 5.53. The van der Waals surface area contributed by atoms with Crippen molar-refractivity contribution in [1.29, 1.82) is 0 Å². The fourth-order valence-electron chi connectivity index (χ4n) is 1.97. The van der Waals surface area contributed by atoms with E-state index in [9.17, 15) is 0 Å². The summed E-state index contributed by atoms with van der Waals surface area (Å²) in [6, 6.07) is 10.6. The van der Waals surface area contributed by atoms with E-state index in [4.69, 9.17) is 5.73 Å². The Morgan fingerprint density at radius 1 is 1.40 bits per heavy atom. The van der Waals surface area contributed by atoms with Gasteiger partial charge in [-0.15, -0.1) is 6.58 Å². The van der Waals surface area contributed by atoms with Crippen molar-refractivity contribution in [3.8, 4) is 0 Å². The van der Waals surface area contributed by atoms with E-state index in [1.165, 1.54) is 5.56 Å². The molecule has 0 bridgehead atoms. The average Bonchev–Trinajstić information content (AvgIpc) is 2.43. The summed E-state index contributed by atoms with van der Waals surface area (Å²) < 4.78 is 0. The van der Waals surface area contributed by atoms with Crippen molar-refractivity contribution in [2.45, 2.75) is 32.4 Å². The van der Waals surface area contributed by atoms with Crippen LogP contribution in [0.4, 0.5) is 0 Å². The Morgan fingerprint density at radius 3 is 2.65 bits per heavy atom. The molecule has 1 aromatic carbocycles. The van der Waals surface area contributed by atoms with Gasteiger partial charge in [0.2, 0.25) is 0 Å². The van der Waals surface area contributed by atoms with Gasteiger partial charge in [-0.05, 0) is 26.3 Å². The van der Waals surface area contributed by atoms with Crippen molar-refractivity contribution in [2.75, 3.05) is 13.1 Å². The van der Waals surface area contributed by atoms with Gasteiger partial charge in [-0.3, -0.25) is 4.99 Å². The molecule has 0 aliphatic carbocycles. The van der Waals surface area contributed by atoms with Crippen molar-refractivity contribution in [3.05, 3.63) is 48.6 Å². The smallest absolute Gasteiger partial charge is 0.188 e. The highest BCUT2D eigenvalue weighted by atomic mass is 15.1. The largest absolute Gasteiger partial charge is 0.370 e. The standard InChI is InChI=1S/C16H26N4/c1-5-11-18-15(17)19-12-16(3,4)20-13(2)14-9-7-6-8-10-14/h5-10,13,20H,1,11-12H2,2-4H3,(H3,17,18,19). The maximum Gasteiger partial charge on any atom is 0.188 e. The van der Waals surface area contributed by atoms with Gasteiger partial charge in [0.1, 0.15) is 0 Å². The van der Waals surface area contributed by atoms with Crippen LogP contribution in [0.3, 0.4) is 0 Å². The molecule has 110 valence electrons. The molecule has 0 radical (unpaired) electrons. The lowest BCUT2D eigenvalue weighted by molar-refractivity contribution is 0.357. The normalized spacial score (nSPS) is 13.8. The molecule has 0 amide bonds. The SMILES string of the molecule is C=CCNC(N)=NCC(C)(C)NC(C)c1ccccc1. The van der Waals surface area contributed by atoms with Gasteiger partial charge in [-0.1, -0.05) is 36.4 Å². The van der Waals surface area contributed by atoms with Crippen molar-refractivity contribution < 1.29 is 0 Å². The van der Waals surface area contributed by atoms with Gasteiger partial charge in [0, 0.05) is 18.1 Å². The number of guanidine groups is 1. The number of hydrogen-bond acceptors (Lipinski definition) is 2.